The molecule has 1 heterocycles. The lowest BCUT2D eigenvalue weighted by Crippen LogP contribution is -2.11. The van der Waals surface area contributed by atoms with Crippen molar-refractivity contribution in [3.05, 3.63) is 53.4 Å². The van der Waals surface area contributed by atoms with Gasteiger partial charge in [0.05, 0.1) is 43.7 Å². The summed E-state index contributed by atoms with van der Waals surface area (Å²) in [6.45, 7) is 0. The Kier molecular flexibility index (Phi) is 6.66. The number of aromatic nitrogens is 2. The van der Waals surface area contributed by atoms with Gasteiger partial charge in [-0.05, 0) is 24.3 Å². The molecule has 0 saturated carbocycles. The Morgan fingerprint density at radius 2 is 1.77 bits per heavy atom. The number of hydrogen-bond acceptors (Lipinski definition) is 8. The number of nitrogens with one attached hydrogen (secondary N) is 3. The third kappa shape index (κ3) is 5.86. The van der Waals surface area contributed by atoms with Gasteiger partial charge in [-0.25, -0.2) is 17.8 Å². The van der Waals surface area contributed by atoms with Crippen LogP contribution in [0.2, 0.25) is 5.02 Å². The predicted octanol–water partition coefficient (Wildman–Crippen LogP) is 4.15. The van der Waals surface area contributed by atoms with E-state index >= 15 is 0 Å². The van der Waals surface area contributed by atoms with E-state index in [1.807, 2.05) is 0 Å². The first kappa shape index (κ1) is 22.4. The number of ether oxygens (including phenoxy) is 2. The molecule has 1 aromatic heterocycles. The van der Waals surface area contributed by atoms with Crippen molar-refractivity contribution in [1.82, 2.24) is 9.97 Å². The summed E-state index contributed by atoms with van der Waals surface area (Å²) in [5, 5.41) is 6.02. The second-order valence-corrected chi connectivity index (χ2v) is 8.43. The molecule has 0 aliphatic rings. The third-order valence-electron chi connectivity index (χ3n) is 3.93. The number of rotatable bonds is 8. The van der Waals surface area contributed by atoms with Gasteiger partial charge in [0.1, 0.15) is 22.3 Å². The minimum absolute atomic E-state index is 0.113. The maximum Gasteiger partial charge on any atom is 0.229 e. The molecular weight excluding hydrogens is 449 g/mol. The van der Waals surface area contributed by atoms with Gasteiger partial charge in [-0.2, -0.15) is 4.98 Å². The Morgan fingerprint density at radius 3 is 2.45 bits per heavy atom. The van der Waals surface area contributed by atoms with E-state index < -0.39 is 15.8 Å². The number of hydrogen-bond donors (Lipinski definition) is 3. The second kappa shape index (κ2) is 9.23. The first-order chi connectivity index (χ1) is 14.7. The molecule has 0 spiro atoms. The van der Waals surface area contributed by atoms with Crippen molar-refractivity contribution >= 4 is 50.5 Å². The smallest absolute Gasteiger partial charge is 0.229 e. The lowest BCUT2D eigenvalue weighted by molar-refractivity contribution is 0.415. The maximum absolute atomic E-state index is 13.6. The monoisotopic (exact) mass is 467 g/mol. The molecule has 164 valence electrons. The Hall–Kier alpha value is -3.31. The summed E-state index contributed by atoms with van der Waals surface area (Å²) in [5.74, 6) is 0.679. The van der Waals surface area contributed by atoms with Gasteiger partial charge in [-0.3, -0.25) is 4.72 Å². The molecule has 0 aliphatic heterocycles. The summed E-state index contributed by atoms with van der Waals surface area (Å²) < 4.78 is 49.8. The van der Waals surface area contributed by atoms with Crippen molar-refractivity contribution in [2.24, 2.45) is 0 Å². The Morgan fingerprint density at radius 1 is 1.00 bits per heavy atom. The van der Waals surface area contributed by atoms with E-state index in [0.29, 0.717) is 22.9 Å². The zero-order chi connectivity index (χ0) is 22.6. The molecule has 0 saturated heterocycles. The third-order valence-corrected chi connectivity index (χ3v) is 4.79. The van der Waals surface area contributed by atoms with Crippen molar-refractivity contribution in [1.29, 1.82) is 0 Å². The fourth-order valence-electron chi connectivity index (χ4n) is 2.58. The van der Waals surface area contributed by atoms with E-state index in [1.165, 1.54) is 44.7 Å². The topological polar surface area (TPSA) is 114 Å². The van der Waals surface area contributed by atoms with E-state index in [-0.39, 0.29) is 22.5 Å². The fourth-order valence-corrected chi connectivity index (χ4v) is 3.29. The zero-order valence-corrected chi connectivity index (χ0v) is 18.3. The summed E-state index contributed by atoms with van der Waals surface area (Å²) >= 11 is 6.21. The number of halogens is 2. The molecule has 0 unspecified atom stereocenters. The van der Waals surface area contributed by atoms with Crippen LogP contribution in [0, 0.1) is 5.82 Å². The van der Waals surface area contributed by atoms with Gasteiger partial charge in [0.2, 0.25) is 16.0 Å². The standard InChI is InChI=1S/C19H19ClFN5O4S/c1-29-12-5-6-14(15(9-12)26-31(3,27)28)23-18-13(20)10-22-19(25-18)24-16-8-11(21)4-7-17(16)30-2/h4-10,26H,1-3H3,(H2,22,23,24,25). The van der Waals surface area contributed by atoms with Crippen LogP contribution in [0.3, 0.4) is 0 Å². The molecule has 9 nitrogen and oxygen atoms in total. The van der Waals surface area contributed by atoms with E-state index in [2.05, 4.69) is 25.3 Å². The maximum atomic E-state index is 13.6. The molecule has 3 aromatic rings. The van der Waals surface area contributed by atoms with Crippen LogP contribution in [0.25, 0.3) is 0 Å². The SMILES string of the molecule is COc1ccc(Nc2nc(Nc3cc(F)ccc3OC)ncc2Cl)c(NS(C)(=O)=O)c1. The fraction of sp³-hybridized carbons (Fsp3) is 0.158. The largest absolute Gasteiger partial charge is 0.497 e. The van der Waals surface area contributed by atoms with Gasteiger partial charge >= 0.3 is 0 Å². The predicted molar refractivity (Wildman–Crippen MR) is 118 cm³/mol. The average molecular weight is 468 g/mol. The number of benzene rings is 2. The van der Waals surface area contributed by atoms with Crippen LogP contribution in [-0.2, 0) is 10.0 Å². The lowest BCUT2D eigenvalue weighted by atomic mass is 10.2. The van der Waals surface area contributed by atoms with Crippen LogP contribution in [0.15, 0.2) is 42.6 Å². The van der Waals surface area contributed by atoms with Crippen molar-refractivity contribution in [3.8, 4) is 11.5 Å². The molecule has 0 amide bonds. The highest BCUT2D eigenvalue weighted by Crippen LogP contribution is 2.33. The quantitative estimate of drug-likeness (QED) is 0.452. The minimum atomic E-state index is -3.56. The van der Waals surface area contributed by atoms with Gasteiger partial charge in [-0.1, -0.05) is 11.6 Å². The molecule has 3 rings (SSSR count). The van der Waals surface area contributed by atoms with Crippen LogP contribution >= 0.6 is 11.6 Å². The highest BCUT2D eigenvalue weighted by molar-refractivity contribution is 7.92. The number of nitrogens with zero attached hydrogens (tertiary/aromatic N) is 2. The van der Waals surface area contributed by atoms with Crippen LogP contribution in [0.4, 0.5) is 33.2 Å². The molecule has 2 aromatic carbocycles. The number of sulfonamides is 1. The normalized spacial score (nSPS) is 11.0. The van der Waals surface area contributed by atoms with Crippen molar-refractivity contribution in [2.45, 2.75) is 0 Å². The van der Waals surface area contributed by atoms with Gasteiger partial charge in [0, 0.05) is 12.1 Å². The van der Waals surface area contributed by atoms with Crippen LogP contribution < -0.4 is 24.8 Å². The summed E-state index contributed by atoms with van der Waals surface area (Å²) in [7, 11) is -0.643. The zero-order valence-electron chi connectivity index (χ0n) is 16.7. The van der Waals surface area contributed by atoms with E-state index in [9.17, 15) is 12.8 Å². The second-order valence-electron chi connectivity index (χ2n) is 6.27. The molecule has 12 heteroatoms. The average Bonchev–Trinajstić information content (AvgIpc) is 2.70. The van der Waals surface area contributed by atoms with Crippen molar-refractivity contribution in [2.75, 3.05) is 35.8 Å². The highest BCUT2D eigenvalue weighted by Gasteiger charge is 2.14. The van der Waals surface area contributed by atoms with Gasteiger partial charge in [0.15, 0.2) is 5.82 Å². The van der Waals surface area contributed by atoms with Gasteiger partial charge < -0.3 is 20.1 Å². The molecule has 0 aliphatic carbocycles. The lowest BCUT2D eigenvalue weighted by Gasteiger charge is -2.15. The van der Waals surface area contributed by atoms with Crippen molar-refractivity contribution in [3.63, 3.8) is 0 Å². The van der Waals surface area contributed by atoms with Gasteiger partial charge in [0.25, 0.3) is 0 Å². The first-order valence-corrected chi connectivity index (χ1v) is 11.0. The molecule has 0 atom stereocenters. The van der Waals surface area contributed by atoms with Crippen LogP contribution in [-0.4, -0.2) is 38.9 Å². The number of methoxy groups -OCH3 is 2. The van der Waals surface area contributed by atoms with E-state index in [1.54, 1.807) is 12.1 Å². The van der Waals surface area contributed by atoms with Crippen molar-refractivity contribution < 1.29 is 22.3 Å². The minimum Gasteiger partial charge on any atom is -0.497 e. The molecule has 0 fully saturated rings. The highest BCUT2D eigenvalue weighted by atomic mass is 35.5. The Balaban J connectivity index is 1.94. The summed E-state index contributed by atoms with van der Waals surface area (Å²) in [4.78, 5) is 8.38. The van der Waals surface area contributed by atoms with E-state index in [0.717, 1.165) is 6.26 Å². The molecular formula is C19H19ClFN5O4S. The molecule has 31 heavy (non-hydrogen) atoms. The molecule has 3 N–H and O–H groups in total. The Labute approximate surface area is 183 Å². The van der Waals surface area contributed by atoms with Gasteiger partial charge in [-0.15, -0.1) is 0 Å². The summed E-state index contributed by atoms with van der Waals surface area (Å²) in [6, 6.07) is 8.72. The number of anilines is 5. The first-order valence-electron chi connectivity index (χ1n) is 8.74. The van der Waals surface area contributed by atoms with Crippen LogP contribution in [0.1, 0.15) is 0 Å². The van der Waals surface area contributed by atoms with Crippen LogP contribution in [0.5, 0.6) is 11.5 Å². The molecule has 0 radical (unpaired) electrons. The Bertz CT molecular complexity index is 1210. The summed E-state index contributed by atoms with van der Waals surface area (Å²) in [5.41, 5.74) is 0.929. The molecule has 0 bridgehead atoms. The van der Waals surface area contributed by atoms with E-state index in [4.69, 9.17) is 21.1 Å². The summed E-state index contributed by atoms with van der Waals surface area (Å²) in [6.07, 6.45) is 2.38.